The summed E-state index contributed by atoms with van der Waals surface area (Å²) >= 11 is 0. The summed E-state index contributed by atoms with van der Waals surface area (Å²) in [6.07, 6.45) is 1.54. The van der Waals surface area contributed by atoms with Gasteiger partial charge in [-0.05, 0) is 36.1 Å². The number of nitrogens with zero attached hydrogens (tertiary/aromatic N) is 2. The van der Waals surface area contributed by atoms with Crippen LogP contribution in [0.3, 0.4) is 0 Å². The molecule has 2 aliphatic heterocycles. The van der Waals surface area contributed by atoms with Gasteiger partial charge in [-0.25, -0.2) is 12.8 Å². The largest absolute Gasteiger partial charge is 0.379 e. The summed E-state index contributed by atoms with van der Waals surface area (Å²) < 4.78 is 48.1. The molecule has 4 rings (SSSR count). The summed E-state index contributed by atoms with van der Waals surface area (Å²) in [6, 6.07) is 15.3. The highest BCUT2D eigenvalue weighted by atomic mass is 32.2. The Balaban J connectivity index is 1.70. The van der Waals surface area contributed by atoms with Gasteiger partial charge in [0.05, 0.1) is 13.2 Å². The smallest absolute Gasteiger partial charge is 0.235 e. The molecule has 7 heteroatoms. The zero-order valence-corrected chi connectivity index (χ0v) is 16.5. The molecule has 0 amide bonds. The molecule has 0 saturated carbocycles. The third kappa shape index (κ3) is 3.85. The fraction of sp³-hybridized carbons (Fsp3) is 0.429. The van der Waals surface area contributed by atoms with Gasteiger partial charge in [0.1, 0.15) is 5.82 Å². The molecule has 0 radical (unpaired) electrons. The van der Waals surface area contributed by atoms with Gasteiger partial charge in [-0.3, -0.25) is 4.90 Å². The first kappa shape index (κ1) is 19.5. The highest BCUT2D eigenvalue weighted by Gasteiger charge is 2.43. The molecule has 0 N–H and O–H groups in total. The first-order chi connectivity index (χ1) is 13.6. The number of morpholine rings is 1. The van der Waals surface area contributed by atoms with E-state index >= 15 is 0 Å². The second kappa shape index (κ2) is 8.29. The zero-order valence-electron chi connectivity index (χ0n) is 15.7. The number of benzene rings is 2. The summed E-state index contributed by atoms with van der Waals surface area (Å²) in [5, 5.41) is -0.737. The van der Waals surface area contributed by atoms with Crippen LogP contribution in [0.2, 0.25) is 0 Å². The quantitative estimate of drug-likeness (QED) is 0.767. The summed E-state index contributed by atoms with van der Waals surface area (Å²) in [6.45, 7) is 2.69. The van der Waals surface area contributed by atoms with Gasteiger partial charge in [0, 0.05) is 25.7 Å². The number of ether oxygens (including phenoxy) is 1. The minimum absolute atomic E-state index is 0.252. The molecular formula is C21H25FN2O3S. The third-order valence-corrected chi connectivity index (χ3v) is 7.75. The van der Waals surface area contributed by atoms with Crippen LogP contribution >= 0.6 is 0 Å². The molecule has 2 atom stereocenters. The van der Waals surface area contributed by atoms with Crippen LogP contribution in [0.4, 0.5) is 4.39 Å². The molecule has 2 heterocycles. The van der Waals surface area contributed by atoms with Crippen molar-refractivity contribution < 1.29 is 17.5 Å². The van der Waals surface area contributed by atoms with E-state index in [0.717, 1.165) is 24.0 Å². The Hall–Kier alpha value is -1.80. The average molecular weight is 405 g/mol. The number of hydrogen-bond donors (Lipinski definition) is 0. The standard InChI is InChI=1S/C21H25FN2O3S/c22-19-10-8-17(9-11-19)20-7-4-12-24(20)28(25,26)21(18-5-2-1-3-6-18)23-13-15-27-16-14-23/h1-3,5-6,8-11,20-21H,4,7,12-16H2. The molecule has 0 aliphatic carbocycles. The van der Waals surface area contributed by atoms with Crippen molar-refractivity contribution >= 4 is 10.0 Å². The molecule has 2 fully saturated rings. The number of sulfonamides is 1. The first-order valence-corrected chi connectivity index (χ1v) is 11.2. The van der Waals surface area contributed by atoms with Crippen molar-refractivity contribution in [2.45, 2.75) is 24.3 Å². The van der Waals surface area contributed by atoms with Gasteiger partial charge in [-0.2, -0.15) is 4.31 Å². The molecule has 2 unspecified atom stereocenters. The molecule has 0 bridgehead atoms. The van der Waals surface area contributed by atoms with Gasteiger partial charge >= 0.3 is 0 Å². The monoisotopic (exact) mass is 404 g/mol. The summed E-state index contributed by atoms with van der Waals surface area (Å²) in [5.74, 6) is -0.313. The van der Waals surface area contributed by atoms with E-state index in [1.54, 1.807) is 16.4 Å². The van der Waals surface area contributed by atoms with E-state index < -0.39 is 15.4 Å². The van der Waals surface area contributed by atoms with E-state index in [1.165, 1.54) is 12.1 Å². The van der Waals surface area contributed by atoms with Crippen LogP contribution in [0, 0.1) is 5.82 Å². The van der Waals surface area contributed by atoms with Gasteiger partial charge in [0.25, 0.3) is 0 Å². The number of rotatable bonds is 5. The van der Waals surface area contributed by atoms with Crippen LogP contribution in [0.5, 0.6) is 0 Å². The summed E-state index contributed by atoms with van der Waals surface area (Å²) in [4.78, 5) is 1.99. The molecule has 2 aliphatic rings. The molecule has 28 heavy (non-hydrogen) atoms. The predicted octanol–water partition coefficient (Wildman–Crippen LogP) is 3.32. The molecule has 2 aromatic rings. The van der Waals surface area contributed by atoms with E-state index in [-0.39, 0.29) is 11.9 Å². The Morgan fingerprint density at radius 3 is 2.32 bits per heavy atom. The zero-order chi connectivity index (χ0) is 19.6. The van der Waals surface area contributed by atoms with Crippen LogP contribution in [-0.2, 0) is 14.8 Å². The molecule has 0 spiro atoms. The maximum absolute atomic E-state index is 13.9. The number of halogens is 1. The van der Waals surface area contributed by atoms with Gasteiger partial charge in [0.2, 0.25) is 10.0 Å². The van der Waals surface area contributed by atoms with Crippen molar-refractivity contribution in [3.05, 3.63) is 71.5 Å². The van der Waals surface area contributed by atoms with E-state index in [4.69, 9.17) is 4.74 Å². The van der Waals surface area contributed by atoms with Crippen LogP contribution in [0.1, 0.15) is 35.4 Å². The molecule has 5 nitrogen and oxygen atoms in total. The Morgan fingerprint density at radius 2 is 1.64 bits per heavy atom. The van der Waals surface area contributed by atoms with Crippen LogP contribution in [-0.4, -0.2) is 50.5 Å². The summed E-state index contributed by atoms with van der Waals surface area (Å²) in [7, 11) is -3.65. The van der Waals surface area contributed by atoms with Crippen LogP contribution in [0.25, 0.3) is 0 Å². The van der Waals surface area contributed by atoms with Gasteiger partial charge < -0.3 is 4.74 Å². The second-order valence-corrected chi connectivity index (χ2v) is 9.22. The Kier molecular flexibility index (Phi) is 5.78. The predicted molar refractivity (Wildman–Crippen MR) is 106 cm³/mol. The molecule has 2 aromatic carbocycles. The molecule has 150 valence electrons. The van der Waals surface area contributed by atoms with E-state index in [0.29, 0.717) is 32.8 Å². The van der Waals surface area contributed by atoms with Crippen molar-refractivity contribution in [2.24, 2.45) is 0 Å². The molecule has 2 saturated heterocycles. The van der Waals surface area contributed by atoms with Crippen molar-refractivity contribution in [3.8, 4) is 0 Å². The van der Waals surface area contributed by atoms with E-state index in [1.807, 2.05) is 35.2 Å². The number of hydrogen-bond acceptors (Lipinski definition) is 4. The van der Waals surface area contributed by atoms with E-state index in [2.05, 4.69) is 0 Å². The lowest BCUT2D eigenvalue weighted by molar-refractivity contribution is 0.0297. The SMILES string of the molecule is O=S(=O)(C(c1ccccc1)N1CCOCC1)N1CCCC1c1ccc(F)cc1. The second-order valence-electron chi connectivity index (χ2n) is 7.28. The maximum atomic E-state index is 13.9. The third-order valence-electron chi connectivity index (χ3n) is 5.53. The average Bonchev–Trinajstić information content (AvgIpc) is 3.21. The van der Waals surface area contributed by atoms with Crippen molar-refractivity contribution in [1.29, 1.82) is 0 Å². The summed E-state index contributed by atoms with van der Waals surface area (Å²) in [5.41, 5.74) is 1.62. The van der Waals surface area contributed by atoms with Crippen LogP contribution < -0.4 is 0 Å². The normalized spacial score (nSPS) is 23.0. The first-order valence-electron chi connectivity index (χ1n) is 9.70. The fourth-order valence-electron chi connectivity index (χ4n) is 4.19. The Labute approximate surface area is 165 Å². The van der Waals surface area contributed by atoms with E-state index in [9.17, 15) is 12.8 Å². The van der Waals surface area contributed by atoms with Crippen molar-refractivity contribution in [1.82, 2.24) is 9.21 Å². The van der Waals surface area contributed by atoms with Crippen molar-refractivity contribution in [3.63, 3.8) is 0 Å². The lowest BCUT2D eigenvalue weighted by atomic mass is 10.1. The van der Waals surface area contributed by atoms with Crippen LogP contribution in [0.15, 0.2) is 54.6 Å². The highest BCUT2D eigenvalue weighted by molar-refractivity contribution is 7.89. The topological polar surface area (TPSA) is 49.9 Å². The fourth-order valence-corrected chi connectivity index (χ4v) is 6.50. The lowest BCUT2D eigenvalue weighted by Crippen LogP contribution is -2.46. The molecule has 0 aromatic heterocycles. The minimum Gasteiger partial charge on any atom is -0.379 e. The Morgan fingerprint density at radius 1 is 0.964 bits per heavy atom. The Bertz CT molecular complexity index is 884. The molecular weight excluding hydrogens is 379 g/mol. The minimum atomic E-state index is -3.65. The van der Waals surface area contributed by atoms with Gasteiger partial charge in [0.15, 0.2) is 5.37 Å². The lowest BCUT2D eigenvalue weighted by Gasteiger charge is -2.37. The highest BCUT2D eigenvalue weighted by Crippen LogP contribution is 2.40. The van der Waals surface area contributed by atoms with Gasteiger partial charge in [-0.15, -0.1) is 0 Å². The maximum Gasteiger partial charge on any atom is 0.235 e. The van der Waals surface area contributed by atoms with Gasteiger partial charge in [-0.1, -0.05) is 42.5 Å². The van der Waals surface area contributed by atoms with Crippen molar-refractivity contribution in [2.75, 3.05) is 32.8 Å².